The molecule has 0 aliphatic carbocycles. The zero-order valence-electron chi connectivity index (χ0n) is 9.69. The van der Waals surface area contributed by atoms with Gasteiger partial charge >= 0.3 is 6.18 Å². The third kappa shape index (κ3) is 2.95. The minimum absolute atomic E-state index is 0.438. The number of amidine groups is 1. The van der Waals surface area contributed by atoms with Crippen LogP contribution in [-0.2, 0) is 6.54 Å². The van der Waals surface area contributed by atoms with Crippen molar-refractivity contribution in [3.05, 3.63) is 29.9 Å². The standard InChI is InChI=1S/C11H11F3N4S/c12-11(13,14)7(9(15)16)6-18-4-3-17-10(18)8-2-1-5-19-8/h1-5,7H,6H2,(H3,15,16). The Balaban J connectivity index is 2.29. The predicted molar refractivity (Wildman–Crippen MR) is 67.0 cm³/mol. The van der Waals surface area contributed by atoms with Crippen molar-refractivity contribution in [2.45, 2.75) is 12.7 Å². The molecule has 4 nitrogen and oxygen atoms in total. The highest BCUT2D eigenvalue weighted by atomic mass is 32.1. The van der Waals surface area contributed by atoms with Gasteiger partial charge in [0.05, 0.1) is 4.88 Å². The van der Waals surface area contributed by atoms with Crippen LogP contribution in [0.4, 0.5) is 13.2 Å². The van der Waals surface area contributed by atoms with Crippen LogP contribution >= 0.6 is 11.3 Å². The smallest absolute Gasteiger partial charge is 0.387 e. The summed E-state index contributed by atoms with van der Waals surface area (Å²) in [4.78, 5) is 4.82. The number of nitrogens with zero attached hydrogens (tertiary/aromatic N) is 2. The maximum Gasteiger partial charge on any atom is 0.400 e. The summed E-state index contributed by atoms with van der Waals surface area (Å²) in [5.74, 6) is -2.44. The summed E-state index contributed by atoms with van der Waals surface area (Å²) >= 11 is 1.39. The van der Waals surface area contributed by atoms with Crippen LogP contribution in [0.2, 0.25) is 0 Å². The Hall–Kier alpha value is -1.83. The Morgan fingerprint density at radius 3 is 2.79 bits per heavy atom. The number of hydrogen-bond donors (Lipinski definition) is 2. The molecule has 0 bridgehead atoms. The molecule has 2 heterocycles. The molecule has 0 aliphatic rings. The van der Waals surface area contributed by atoms with E-state index in [2.05, 4.69) is 4.98 Å². The lowest BCUT2D eigenvalue weighted by molar-refractivity contribution is -0.158. The molecule has 0 aromatic carbocycles. The molecule has 2 aromatic heterocycles. The second-order valence-corrected chi connectivity index (χ2v) is 4.88. The molecule has 102 valence electrons. The summed E-state index contributed by atoms with van der Waals surface area (Å²) in [5.41, 5.74) is 5.04. The monoisotopic (exact) mass is 288 g/mol. The minimum Gasteiger partial charge on any atom is -0.387 e. The second kappa shape index (κ2) is 5.04. The fourth-order valence-corrected chi connectivity index (χ4v) is 2.40. The summed E-state index contributed by atoms with van der Waals surface area (Å²) in [6.45, 7) is -0.438. The summed E-state index contributed by atoms with van der Waals surface area (Å²) < 4.78 is 39.7. The van der Waals surface area contributed by atoms with E-state index in [1.54, 1.807) is 12.1 Å². The molecular formula is C11H11F3N4S. The first-order valence-corrected chi connectivity index (χ1v) is 6.23. The van der Waals surface area contributed by atoms with E-state index in [1.165, 1.54) is 28.3 Å². The molecule has 0 radical (unpaired) electrons. The number of nitrogens with one attached hydrogen (secondary N) is 1. The molecule has 0 aliphatic heterocycles. The average molecular weight is 288 g/mol. The summed E-state index contributed by atoms with van der Waals surface area (Å²) in [6.07, 6.45) is -1.65. The van der Waals surface area contributed by atoms with Crippen molar-refractivity contribution < 1.29 is 13.2 Å². The van der Waals surface area contributed by atoms with Crippen molar-refractivity contribution in [1.82, 2.24) is 9.55 Å². The first-order chi connectivity index (χ1) is 8.89. The molecular weight excluding hydrogens is 277 g/mol. The van der Waals surface area contributed by atoms with E-state index in [1.807, 2.05) is 5.38 Å². The molecule has 0 saturated carbocycles. The van der Waals surface area contributed by atoms with Gasteiger partial charge < -0.3 is 10.3 Å². The number of imidazole rings is 1. The molecule has 0 fully saturated rings. The van der Waals surface area contributed by atoms with E-state index in [4.69, 9.17) is 11.1 Å². The van der Waals surface area contributed by atoms with Gasteiger partial charge in [0.1, 0.15) is 17.6 Å². The van der Waals surface area contributed by atoms with E-state index in [9.17, 15) is 13.2 Å². The number of hydrogen-bond acceptors (Lipinski definition) is 3. The molecule has 2 aromatic rings. The number of halogens is 3. The SMILES string of the molecule is N=C(N)C(Cn1ccnc1-c1cccs1)C(F)(F)F. The molecule has 1 atom stereocenters. The average Bonchev–Trinajstić information content (AvgIpc) is 2.94. The van der Waals surface area contributed by atoms with Crippen LogP contribution in [0.5, 0.6) is 0 Å². The molecule has 3 N–H and O–H groups in total. The summed E-state index contributed by atoms with van der Waals surface area (Å²) in [7, 11) is 0. The van der Waals surface area contributed by atoms with E-state index >= 15 is 0 Å². The number of alkyl halides is 3. The zero-order chi connectivity index (χ0) is 14.0. The van der Waals surface area contributed by atoms with E-state index < -0.39 is 24.5 Å². The Morgan fingerprint density at radius 2 is 2.26 bits per heavy atom. The Bertz CT molecular complexity index is 559. The fraction of sp³-hybridized carbons (Fsp3) is 0.273. The quantitative estimate of drug-likeness (QED) is 0.671. The van der Waals surface area contributed by atoms with Gasteiger partial charge in [-0.05, 0) is 11.4 Å². The van der Waals surface area contributed by atoms with Gasteiger partial charge in [-0.1, -0.05) is 6.07 Å². The highest BCUT2D eigenvalue weighted by Gasteiger charge is 2.42. The van der Waals surface area contributed by atoms with Crippen LogP contribution in [0.25, 0.3) is 10.7 Å². The third-order valence-corrected chi connectivity index (χ3v) is 3.47. The van der Waals surface area contributed by atoms with Crippen LogP contribution in [0.1, 0.15) is 0 Å². The normalized spacial score (nSPS) is 13.4. The molecule has 0 spiro atoms. The molecule has 8 heteroatoms. The van der Waals surface area contributed by atoms with E-state index in [0.29, 0.717) is 5.82 Å². The van der Waals surface area contributed by atoms with Gasteiger partial charge in [-0.15, -0.1) is 11.3 Å². The van der Waals surface area contributed by atoms with Crippen LogP contribution in [0.3, 0.4) is 0 Å². The maximum atomic E-state index is 12.8. The van der Waals surface area contributed by atoms with Gasteiger partial charge in [-0.3, -0.25) is 5.41 Å². The van der Waals surface area contributed by atoms with Gasteiger partial charge in [0.2, 0.25) is 0 Å². The van der Waals surface area contributed by atoms with Gasteiger partial charge in [-0.2, -0.15) is 13.2 Å². The first-order valence-electron chi connectivity index (χ1n) is 5.35. The molecule has 1 unspecified atom stereocenters. The number of thiophene rings is 1. The van der Waals surface area contributed by atoms with Crippen molar-refractivity contribution in [3.8, 4) is 10.7 Å². The lowest BCUT2D eigenvalue weighted by atomic mass is 10.1. The number of nitrogens with two attached hydrogens (primary N) is 1. The topological polar surface area (TPSA) is 67.7 Å². The van der Waals surface area contributed by atoms with Crippen LogP contribution in [0.15, 0.2) is 29.9 Å². The molecule has 19 heavy (non-hydrogen) atoms. The largest absolute Gasteiger partial charge is 0.400 e. The van der Waals surface area contributed by atoms with Gasteiger partial charge in [-0.25, -0.2) is 4.98 Å². The van der Waals surface area contributed by atoms with Crippen LogP contribution < -0.4 is 5.73 Å². The highest BCUT2D eigenvalue weighted by molar-refractivity contribution is 7.13. The van der Waals surface area contributed by atoms with Gasteiger partial charge in [0.15, 0.2) is 0 Å². The lowest BCUT2D eigenvalue weighted by Gasteiger charge is -2.20. The third-order valence-electron chi connectivity index (χ3n) is 2.61. The maximum absolute atomic E-state index is 12.8. The Kier molecular flexibility index (Phi) is 3.61. The first kappa shape index (κ1) is 13.6. The van der Waals surface area contributed by atoms with Crippen LogP contribution in [0, 0.1) is 11.3 Å². The Morgan fingerprint density at radius 1 is 1.53 bits per heavy atom. The molecule has 0 amide bonds. The fourth-order valence-electron chi connectivity index (χ4n) is 1.66. The predicted octanol–water partition coefficient (Wildman–Crippen LogP) is 2.73. The van der Waals surface area contributed by atoms with E-state index in [0.717, 1.165) is 4.88 Å². The second-order valence-electron chi connectivity index (χ2n) is 3.93. The summed E-state index contributed by atoms with van der Waals surface area (Å²) in [6, 6.07) is 3.57. The molecule has 0 saturated heterocycles. The summed E-state index contributed by atoms with van der Waals surface area (Å²) in [5, 5.41) is 8.90. The van der Waals surface area contributed by atoms with Crippen molar-refractivity contribution in [1.29, 1.82) is 5.41 Å². The van der Waals surface area contributed by atoms with Crippen molar-refractivity contribution in [2.24, 2.45) is 11.7 Å². The Labute approximate surface area is 111 Å². The van der Waals surface area contributed by atoms with Crippen molar-refractivity contribution in [2.75, 3.05) is 0 Å². The zero-order valence-corrected chi connectivity index (χ0v) is 10.5. The minimum atomic E-state index is -4.54. The number of aromatic nitrogens is 2. The number of rotatable bonds is 4. The van der Waals surface area contributed by atoms with Crippen molar-refractivity contribution in [3.63, 3.8) is 0 Å². The highest BCUT2D eigenvalue weighted by Crippen LogP contribution is 2.30. The van der Waals surface area contributed by atoms with E-state index in [-0.39, 0.29) is 0 Å². The van der Waals surface area contributed by atoms with Crippen LogP contribution in [-0.4, -0.2) is 21.6 Å². The lowest BCUT2D eigenvalue weighted by Crippen LogP contribution is -2.38. The van der Waals surface area contributed by atoms with Crippen molar-refractivity contribution >= 4 is 17.2 Å². The van der Waals surface area contributed by atoms with Gasteiger partial charge in [0, 0.05) is 18.9 Å². The molecule has 2 rings (SSSR count). The van der Waals surface area contributed by atoms with Gasteiger partial charge in [0.25, 0.3) is 0 Å².